The number of hydrogen-bond acceptors (Lipinski definition) is 5. The van der Waals surface area contributed by atoms with Crippen LogP contribution in [0.4, 0.5) is 0 Å². The van der Waals surface area contributed by atoms with Gasteiger partial charge in [0, 0.05) is 38.8 Å². The van der Waals surface area contributed by atoms with Gasteiger partial charge in [-0.25, -0.2) is 8.42 Å². The summed E-state index contributed by atoms with van der Waals surface area (Å²) in [5.41, 5.74) is 0.631. The Morgan fingerprint density at radius 1 is 1.31 bits per heavy atom. The Morgan fingerprint density at radius 2 is 2.08 bits per heavy atom. The summed E-state index contributed by atoms with van der Waals surface area (Å²) in [6, 6.07) is 1.43. The van der Waals surface area contributed by atoms with E-state index < -0.39 is 10.0 Å². The Hall–Kier alpha value is -1.94. The van der Waals surface area contributed by atoms with Crippen LogP contribution in [0.3, 0.4) is 0 Å². The molecule has 1 N–H and O–H groups in total. The summed E-state index contributed by atoms with van der Waals surface area (Å²) in [7, 11) is -1.51. The number of amides is 2. The van der Waals surface area contributed by atoms with Gasteiger partial charge in [-0.1, -0.05) is 6.42 Å². The highest BCUT2D eigenvalue weighted by molar-refractivity contribution is 7.88. The number of carbonyl (C=O) groups excluding carboxylic acids is 2. The molecule has 1 saturated heterocycles. The molecule has 2 aliphatic heterocycles. The summed E-state index contributed by atoms with van der Waals surface area (Å²) in [4.78, 5) is 26.0. The predicted octanol–water partition coefficient (Wildman–Crippen LogP) is -0.0973. The van der Waals surface area contributed by atoms with Gasteiger partial charge in [0.2, 0.25) is 10.0 Å². The SMILES string of the molecule is CN1CCn2nc(C(=O)NCCC3CCCCN3S(C)(=O)=O)cc2C1=O. The quantitative estimate of drug-likeness (QED) is 0.765. The number of hydrogen-bond donors (Lipinski definition) is 1. The van der Waals surface area contributed by atoms with Crippen LogP contribution in [0.25, 0.3) is 0 Å². The molecule has 10 heteroatoms. The summed E-state index contributed by atoms with van der Waals surface area (Å²) in [5, 5.41) is 7.00. The predicted molar refractivity (Wildman–Crippen MR) is 95.3 cm³/mol. The largest absolute Gasteiger partial charge is 0.351 e. The van der Waals surface area contributed by atoms with Crippen LogP contribution in [0, 0.1) is 0 Å². The number of nitrogens with zero attached hydrogens (tertiary/aromatic N) is 4. The summed E-state index contributed by atoms with van der Waals surface area (Å²) in [5.74, 6) is -0.488. The van der Waals surface area contributed by atoms with Crippen LogP contribution < -0.4 is 5.32 Å². The molecule has 0 spiro atoms. The second-order valence-electron chi connectivity index (χ2n) is 6.93. The normalized spacial score (nSPS) is 21.5. The summed E-state index contributed by atoms with van der Waals surface area (Å²) in [6.45, 7) is 2.04. The van der Waals surface area contributed by atoms with Gasteiger partial charge >= 0.3 is 0 Å². The zero-order valence-electron chi connectivity index (χ0n) is 15.1. The Kier molecular flexibility index (Phi) is 5.33. The average Bonchev–Trinajstić information content (AvgIpc) is 3.03. The number of aromatic nitrogens is 2. The molecule has 1 aromatic heterocycles. The van der Waals surface area contributed by atoms with Crippen molar-refractivity contribution in [2.24, 2.45) is 0 Å². The molecule has 0 radical (unpaired) electrons. The van der Waals surface area contributed by atoms with Gasteiger partial charge in [-0.15, -0.1) is 0 Å². The molecule has 9 nitrogen and oxygen atoms in total. The maximum absolute atomic E-state index is 12.3. The molecule has 3 rings (SSSR count). The Morgan fingerprint density at radius 3 is 2.81 bits per heavy atom. The fraction of sp³-hybridized carbons (Fsp3) is 0.688. The van der Waals surface area contributed by atoms with E-state index in [1.54, 1.807) is 16.6 Å². The Bertz CT molecular complexity index is 804. The molecule has 0 aromatic carbocycles. The van der Waals surface area contributed by atoms with E-state index in [9.17, 15) is 18.0 Å². The number of nitrogens with one attached hydrogen (secondary N) is 1. The highest BCUT2D eigenvalue weighted by atomic mass is 32.2. The lowest BCUT2D eigenvalue weighted by molar-refractivity contribution is 0.0742. The molecule has 2 amide bonds. The number of sulfonamides is 1. The van der Waals surface area contributed by atoms with E-state index in [0.29, 0.717) is 38.3 Å². The fourth-order valence-electron chi connectivity index (χ4n) is 3.55. The van der Waals surface area contributed by atoms with E-state index >= 15 is 0 Å². The van der Waals surface area contributed by atoms with E-state index in [2.05, 4.69) is 10.4 Å². The standard InChI is InChI=1S/C16H25N5O4S/c1-19-9-10-20-14(16(19)23)11-13(18-20)15(22)17-7-6-12-5-3-4-8-21(12)26(2,24)25/h11-12H,3-10H2,1-2H3,(H,17,22). The lowest BCUT2D eigenvalue weighted by Crippen LogP contribution is -2.44. The Labute approximate surface area is 153 Å². The lowest BCUT2D eigenvalue weighted by atomic mass is 10.0. The molecule has 144 valence electrons. The second kappa shape index (κ2) is 7.36. The van der Waals surface area contributed by atoms with Crippen molar-refractivity contribution in [3.8, 4) is 0 Å². The first-order chi connectivity index (χ1) is 12.3. The average molecular weight is 383 g/mol. The molecule has 2 aliphatic rings. The van der Waals surface area contributed by atoms with E-state index in [1.807, 2.05) is 0 Å². The molecule has 1 unspecified atom stereocenters. The van der Waals surface area contributed by atoms with Crippen LogP contribution in [-0.2, 0) is 16.6 Å². The minimum atomic E-state index is -3.23. The number of fused-ring (bicyclic) bond motifs is 1. The second-order valence-corrected chi connectivity index (χ2v) is 8.87. The van der Waals surface area contributed by atoms with Gasteiger partial charge in [0.15, 0.2) is 5.69 Å². The van der Waals surface area contributed by atoms with Crippen molar-refractivity contribution in [3.63, 3.8) is 0 Å². The molecular formula is C16H25N5O4S. The maximum atomic E-state index is 12.3. The molecule has 0 bridgehead atoms. The van der Waals surface area contributed by atoms with E-state index in [1.165, 1.54) is 16.6 Å². The molecule has 3 heterocycles. The minimum Gasteiger partial charge on any atom is -0.351 e. The van der Waals surface area contributed by atoms with E-state index in [0.717, 1.165) is 19.3 Å². The monoisotopic (exact) mass is 383 g/mol. The number of likely N-dealkylation sites (N-methyl/N-ethyl adjacent to an activating group) is 1. The third-order valence-electron chi connectivity index (χ3n) is 4.99. The van der Waals surface area contributed by atoms with E-state index in [4.69, 9.17) is 0 Å². The molecule has 1 fully saturated rings. The Balaban J connectivity index is 1.58. The van der Waals surface area contributed by atoms with Gasteiger partial charge in [-0.3, -0.25) is 14.3 Å². The summed E-state index contributed by atoms with van der Waals surface area (Å²) in [6.07, 6.45) is 4.47. The highest BCUT2D eigenvalue weighted by Crippen LogP contribution is 2.22. The molecule has 1 atom stereocenters. The van der Waals surface area contributed by atoms with Gasteiger partial charge in [0.25, 0.3) is 11.8 Å². The first-order valence-corrected chi connectivity index (χ1v) is 10.7. The first-order valence-electron chi connectivity index (χ1n) is 8.85. The number of rotatable bonds is 5. The number of carbonyl (C=O) groups is 2. The zero-order chi connectivity index (χ0) is 18.9. The van der Waals surface area contributed by atoms with Gasteiger partial charge in [-0.2, -0.15) is 9.40 Å². The van der Waals surface area contributed by atoms with Crippen LogP contribution in [0.2, 0.25) is 0 Å². The van der Waals surface area contributed by atoms with Crippen molar-refractivity contribution in [2.75, 3.05) is 32.9 Å². The van der Waals surface area contributed by atoms with Crippen LogP contribution in [-0.4, -0.2) is 78.2 Å². The van der Waals surface area contributed by atoms with Crippen LogP contribution >= 0.6 is 0 Å². The molecule has 0 aliphatic carbocycles. The summed E-state index contributed by atoms with van der Waals surface area (Å²) >= 11 is 0. The third kappa shape index (κ3) is 3.90. The smallest absolute Gasteiger partial charge is 0.271 e. The zero-order valence-corrected chi connectivity index (χ0v) is 16.0. The van der Waals surface area contributed by atoms with Crippen molar-refractivity contribution in [1.82, 2.24) is 24.3 Å². The molecule has 0 saturated carbocycles. The van der Waals surface area contributed by atoms with E-state index in [-0.39, 0.29) is 23.6 Å². The van der Waals surface area contributed by atoms with Crippen molar-refractivity contribution >= 4 is 21.8 Å². The molecular weight excluding hydrogens is 358 g/mol. The molecule has 26 heavy (non-hydrogen) atoms. The van der Waals surface area contributed by atoms with Crippen molar-refractivity contribution in [3.05, 3.63) is 17.5 Å². The third-order valence-corrected chi connectivity index (χ3v) is 6.32. The minimum absolute atomic E-state index is 0.0792. The van der Waals surface area contributed by atoms with Gasteiger partial charge in [0.1, 0.15) is 5.69 Å². The topological polar surface area (TPSA) is 105 Å². The fourth-order valence-corrected chi connectivity index (χ4v) is 4.77. The highest BCUT2D eigenvalue weighted by Gasteiger charge is 2.29. The van der Waals surface area contributed by atoms with Gasteiger partial charge in [0.05, 0.1) is 12.8 Å². The van der Waals surface area contributed by atoms with Crippen LogP contribution in [0.1, 0.15) is 46.7 Å². The lowest BCUT2D eigenvalue weighted by Gasteiger charge is -2.33. The van der Waals surface area contributed by atoms with Crippen LogP contribution in [0.15, 0.2) is 6.07 Å². The van der Waals surface area contributed by atoms with Crippen molar-refractivity contribution in [2.45, 2.75) is 38.3 Å². The van der Waals surface area contributed by atoms with Crippen LogP contribution in [0.5, 0.6) is 0 Å². The van der Waals surface area contributed by atoms with Crippen molar-refractivity contribution in [1.29, 1.82) is 0 Å². The van der Waals surface area contributed by atoms with Crippen molar-refractivity contribution < 1.29 is 18.0 Å². The van der Waals surface area contributed by atoms with Gasteiger partial charge in [-0.05, 0) is 19.3 Å². The molecule has 1 aromatic rings. The first kappa shape index (κ1) is 18.8. The van der Waals surface area contributed by atoms with Gasteiger partial charge < -0.3 is 10.2 Å². The number of piperidine rings is 1. The summed E-state index contributed by atoms with van der Waals surface area (Å²) < 4.78 is 26.8. The maximum Gasteiger partial charge on any atom is 0.271 e.